The summed E-state index contributed by atoms with van der Waals surface area (Å²) in [7, 11) is 0. The van der Waals surface area contributed by atoms with Crippen LogP contribution in [0.1, 0.15) is 18.9 Å². The number of aliphatic carboxylic acids is 1. The topological polar surface area (TPSA) is 66.8 Å². The lowest BCUT2D eigenvalue weighted by Gasteiger charge is -2.35. The Labute approximate surface area is 126 Å². The molecule has 0 radical (unpaired) electrons. The number of amides is 1. The first-order chi connectivity index (χ1) is 10.4. The summed E-state index contributed by atoms with van der Waals surface area (Å²) in [6.07, 6.45) is -1.39. The molecule has 0 bridgehead atoms. The molecule has 1 amide bonds. The number of hydrogen-bond acceptors (Lipinski definition) is 3. The van der Waals surface area contributed by atoms with E-state index in [1.165, 1.54) is 17.0 Å². The van der Waals surface area contributed by atoms with Gasteiger partial charge in [-0.05, 0) is 25.0 Å². The van der Waals surface area contributed by atoms with E-state index < -0.39 is 23.7 Å². The Bertz CT molecular complexity index is 579. The first-order valence-corrected chi connectivity index (χ1v) is 6.97. The predicted octanol–water partition coefficient (Wildman–Crippen LogP) is 1.60. The molecular weight excluding hydrogens is 296 g/mol. The number of carbonyl (C=O) groups excluding carboxylic acids is 1. The molecule has 1 heterocycles. The number of carbonyl (C=O) groups is 2. The van der Waals surface area contributed by atoms with Gasteiger partial charge in [-0.3, -0.25) is 4.79 Å². The zero-order chi connectivity index (χ0) is 16.3. The smallest absolute Gasteiger partial charge is 0.334 e. The standard InChI is InChI=1S/C15H17F2NO4/c1-9-7-18(8-12(22-9)15(20)21)13(19)6-5-10-3-2-4-11(16)14(10)17/h2-4,9,12H,5-8H2,1H3,(H,20,21)/t9-,12?/m1/s1. The number of carboxylic acids is 1. The van der Waals surface area contributed by atoms with Crippen LogP contribution in [-0.2, 0) is 20.7 Å². The zero-order valence-electron chi connectivity index (χ0n) is 12.1. The number of rotatable bonds is 4. The molecule has 1 aromatic carbocycles. The number of nitrogens with zero attached hydrogens (tertiary/aromatic N) is 1. The van der Waals surface area contributed by atoms with Gasteiger partial charge in [-0.1, -0.05) is 12.1 Å². The van der Waals surface area contributed by atoms with E-state index in [1.54, 1.807) is 6.92 Å². The van der Waals surface area contributed by atoms with Gasteiger partial charge in [-0.15, -0.1) is 0 Å². The van der Waals surface area contributed by atoms with Crippen molar-refractivity contribution in [3.8, 4) is 0 Å². The summed E-state index contributed by atoms with van der Waals surface area (Å²) >= 11 is 0. The summed E-state index contributed by atoms with van der Waals surface area (Å²) in [6.45, 7) is 1.93. The lowest BCUT2D eigenvalue weighted by atomic mass is 10.1. The van der Waals surface area contributed by atoms with Crippen LogP contribution in [0.2, 0.25) is 0 Å². The second-order valence-electron chi connectivity index (χ2n) is 5.29. The summed E-state index contributed by atoms with van der Waals surface area (Å²) in [5, 5.41) is 8.98. The van der Waals surface area contributed by atoms with Gasteiger partial charge in [0.2, 0.25) is 5.91 Å². The fourth-order valence-electron chi connectivity index (χ4n) is 2.43. The van der Waals surface area contributed by atoms with Gasteiger partial charge in [-0.2, -0.15) is 0 Å². The molecule has 5 nitrogen and oxygen atoms in total. The third kappa shape index (κ3) is 3.79. The highest BCUT2D eigenvalue weighted by atomic mass is 19.2. The highest BCUT2D eigenvalue weighted by Crippen LogP contribution is 2.16. The molecular formula is C15H17F2NO4. The first kappa shape index (κ1) is 16.4. The Morgan fingerprint density at radius 1 is 1.36 bits per heavy atom. The lowest BCUT2D eigenvalue weighted by Crippen LogP contribution is -2.51. The molecule has 2 atom stereocenters. The highest BCUT2D eigenvalue weighted by molar-refractivity contribution is 5.79. The van der Waals surface area contributed by atoms with Gasteiger partial charge in [0.15, 0.2) is 17.7 Å². The van der Waals surface area contributed by atoms with Crippen molar-refractivity contribution in [3.05, 3.63) is 35.4 Å². The van der Waals surface area contributed by atoms with Gasteiger partial charge in [0.1, 0.15) is 0 Å². The van der Waals surface area contributed by atoms with E-state index >= 15 is 0 Å². The quantitative estimate of drug-likeness (QED) is 0.917. The average molecular weight is 313 g/mol. The molecule has 0 aromatic heterocycles. The molecule has 120 valence electrons. The molecule has 0 aliphatic carbocycles. The van der Waals surface area contributed by atoms with E-state index in [9.17, 15) is 18.4 Å². The summed E-state index contributed by atoms with van der Waals surface area (Å²) in [5.41, 5.74) is 0.129. The number of carboxylic acid groups (broad SMARTS) is 1. The maximum absolute atomic E-state index is 13.5. The molecule has 1 aliphatic rings. The molecule has 7 heteroatoms. The van der Waals surface area contributed by atoms with E-state index in [2.05, 4.69) is 0 Å². The molecule has 1 unspecified atom stereocenters. The maximum Gasteiger partial charge on any atom is 0.334 e. The number of hydrogen-bond donors (Lipinski definition) is 1. The Hall–Kier alpha value is -2.02. The highest BCUT2D eigenvalue weighted by Gasteiger charge is 2.32. The van der Waals surface area contributed by atoms with Crippen LogP contribution in [0.4, 0.5) is 8.78 Å². The van der Waals surface area contributed by atoms with Crippen LogP contribution < -0.4 is 0 Å². The maximum atomic E-state index is 13.5. The first-order valence-electron chi connectivity index (χ1n) is 6.97. The van der Waals surface area contributed by atoms with Crippen molar-refractivity contribution in [1.29, 1.82) is 0 Å². The van der Waals surface area contributed by atoms with Crippen LogP contribution >= 0.6 is 0 Å². The van der Waals surface area contributed by atoms with Gasteiger partial charge >= 0.3 is 5.97 Å². The monoisotopic (exact) mass is 313 g/mol. The van der Waals surface area contributed by atoms with Gasteiger partial charge in [-0.25, -0.2) is 13.6 Å². The molecule has 1 fully saturated rings. The molecule has 1 saturated heterocycles. The van der Waals surface area contributed by atoms with Crippen LogP contribution in [-0.4, -0.2) is 47.2 Å². The fraction of sp³-hybridized carbons (Fsp3) is 0.467. The Kier molecular flexibility index (Phi) is 5.07. The second-order valence-corrected chi connectivity index (χ2v) is 5.29. The van der Waals surface area contributed by atoms with E-state index in [0.717, 1.165) is 6.07 Å². The van der Waals surface area contributed by atoms with Gasteiger partial charge in [0.05, 0.1) is 12.6 Å². The summed E-state index contributed by atoms with van der Waals surface area (Å²) in [6, 6.07) is 3.82. The molecule has 0 saturated carbocycles. The van der Waals surface area contributed by atoms with E-state index in [-0.39, 0.29) is 43.5 Å². The molecule has 2 rings (SSSR count). The van der Waals surface area contributed by atoms with Crippen LogP contribution in [0.25, 0.3) is 0 Å². The van der Waals surface area contributed by atoms with Crippen LogP contribution in [0.5, 0.6) is 0 Å². The Morgan fingerprint density at radius 2 is 2.09 bits per heavy atom. The summed E-state index contributed by atoms with van der Waals surface area (Å²) in [5.74, 6) is -3.32. The molecule has 1 N–H and O–H groups in total. The molecule has 1 aliphatic heterocycles. The van der Waals surface area contributed by atoms with Crippen molar-refractivity contribution in [1.82, 2.24) is 4.90 Å². The van der Waals surface area contributed by atoms with Crippen LogP contribution in [0, 0.1) is 11.6 Å². The van der Waals surface area contributed by atoms with Gasteiger partial charge in [0.25, 0.3) is 0 Å². The van der Waals surface area contributed by atoms with Crippen LogP contribution in [0.15, 0.2) is 18.2 Å². The second kappa shape index (κ2) is 6.83. The van der Waals surface area contributed by atoms with Crippen molar-refractivity contribution >= 4 is 11.9 Å². The Morgan fingerprint density at radius 3 is 2.77 bits per heavy atom. The number of morpholine rings is 1. The number of benzene rings is 1. The largest absolute Gasteiger partial charge is 0.479 e. The van der Waals surface area contributed by atoms with Crippen molar-refractivity contribution in [2.24, 2.45) is 0 Å². The zero-order valence-corrected chi connectivity index (χ0v) is 12.1. The normalized spacial score (nSPS) is 21.7. The third-order valence-electron chi connectivity index (χ3n) is 3.53. The van der Waals surface area contributed by atoms with E-state index in [1.807, 2.05) is 0 Å². The minimum atomic E-state index is -1.12. The SMILES string of the molecule is C[C@@H]1CN(C(=O)CCc2cccc(F)c2F)CC(C(=O)O)O1. The summed E-state index contributed by atoms with van der Waals surface area (Å²) < 4.78 is 31.8. The van der Waals surface area contributed by atoms with Crippen molar-refractivity contribution in [2.45, 2.75) is 32.0 Å². The van der Waals surface area contributed by atoms with Crippen molar-refractivity contribution in [3.63, 3.8) is 0 Å². The average Bonchev–Trinajstić information content (AvgIpc) is 2.47. The van der Waals surface area contributed by atoms with Crippen molar-refractivity contribution < 1.29 is 28.2 Å². The third-order valence-corrected chi connectivity index (χ3v) is 3.53. The molecule has 0 spiro atoms. The number of ether oxygens (including phenoxy) is 1. The minimum absolute atomic E-state index is 0.0145. The van der Waals surface area contributed by atoms with Crippen molar-refractivity contribution in [2.75, 3.05) is 13.1 Å². The lowest BCUT2D eigenvalue weighted by molar-refractivity contribution is -0.166. The van der Waals surface area contributed by atoms with Crippen LogP contribution in [0.3, 0.4) is 0 Å². The Balaban J connectivity index is 1.97. The van der Waals surface area contributed by atoms with E-state index in [0.29, 0.717) is 0 Å². The molecule has 22 heavy (non-hydrogen) atoms. The summed E-state index contributed by atoms with van der Waals surface area (Å²) in [4.78, 5) is 24.5. The van der Waals surface area contributed by atoms with Gasteiger partial charge in [0, 0.05) is 13.0 Å². The number of halogens is 2. The van der Waals surface area contributed by atoms with E-state index in [4.69, 9.17) is 9.84 Å². The van der Waals surface area contributed by atoms with Gasteiger partial charge < -0.3 is 14.7 Å². The predicted molar refractivity (Wildman–Crippen MR) is 73.2 cm³/mol. The molecule has 1 aromatic rings. The number of aryl methyl sites for hydroxylation is 1. The minimum Gasteiger partial charge on any atom is -0.479 e. The fourth-order valence-corrected chi connectivity index (χ4v) is 2.43.